The van der Waals surface area contributed by atoms with Crippen LogP contribution in [0.3, 0.4) is 0 Å². The standard InChI is InChI=1S/C12H18ClO3P/c1-3-5-10-15-17(14,4-2)16-12-9-7-6-8-11(12)13/h6-9H,3-5,10H2,1-2H3. The molecule has 0 fully saturated rings. The lowest BCUT2D eigenvalue weighted by atomic mass is 10.3. The molecule has 96 valence electrons. The van der Waals surface area contributed by atoms with Gasteiger partial charge in [0, 0.05) is 0 Å². The van der Waals surface area contributed by atoms with Crippen LogP contribution in [0, 0.1) is 0 Å². The summed E-state index contributed by atoms with van der Waals surface area (Å²) < 4.78 is 23.1. The molecule has 5 heteroatoms. The van der Waals surface area contributed by atoms with Gasteiger partial charge in [-0.15, -0.1) is 0 Å². The van der Waals surface area contributed by atoms with Crippen LogP contribution in [-0.2, 0) is 9.09 Å². The van der Waals surface area contributed by atoms with Crippen LogP contribution in [0.25, 0.3) is 0 Å². The molecule has 0 saturated carbocycles. The van der Waals surface area contributed by atoms with Crippen LogP contribution < -0.4 is 4.52 Å². The zero-order chi connectivity index (χ0) is 12.7. The summed E-state index contributed by atoms with van der Waals surface area (Å²) in [5.74, 6) is 0.413. The molecule has 1 aromatic carbocycles. The summed E-state index contributed by atoms with van der Waals surface area (Å²) in [6.45, 7) is 4.28. The predicted molar refractivity (Wildman–Crippen MR) is 71.1 cm³/mol. The Balaban J connectivity index is 2.68. The molecule has 0 heterocycles. The van der Waals surface area contributed by atoms with Gasteiger partial charge >= 0.3 is 7.60 Å². The zero-order valence-corrected chi connectivity index (χ0v) is 11.8. The van der Waals surface area contributed by atoms with E-state index in [2.05, 4.69) is 6.92 Å². The third-order valence-corrected chi connectivity index (χ3v) is 4.38. The van der Waals surface area contributed by atoms with Crippen molar-refractivity contribution in [2.75, 3.05) is 12.8 Å². The zero-order valence-electron chi connectivity index (χ0n) is 10.2. The molecule has 17 heavy (non-hydrogen) atoms. The van der Waals surface area contributed by atoms with Crippen molar-refractivity contribution >= 4 is 19.2 Å². The van der Waals surface area contributed by atoms with E-state index in [4.69, 9.17) is 20.6 Å². The van der Waals surface area contributed by atoms with Crippen LogP contribution in [0.5, 0.6) is 5.75 Å². The topological polar surface area (TPSA) is 35.5 Å². The Labute approximate surface area is 108 Å². The molecule has 0 aliphatic carbocycles. The Hall–Kier alpha value is -0.500. The van der Waals surface area contributed by atoms with Crippen LogP contribution >= 0.6 is 19.2 Å². The highest BCUT2D eigenvalue weighted by Gasteiger charge is 2.24. The van der Waals surface area contributed by atoms with Gasteiger partial charge < -0.3 is 4.52 Å². The van der Waals surface area contributed by atoms with E-state index in [1.54, 1.807) is 31.2 Å². The van der Waals surface area contributed by atoms with E-state index in [1.165, 1.54) is 0 Å². The molecule has 0 aromatic heterocycles. The van der Waals surface area contributed by atoms with Crippen molar-refractivity contribution in [2.24, 2.45) is 0 Å². The third-order valence-electron chi connectivity index (χ3n) is 2.25. The van der Waals surface area contributed by atoms with E-state index >= 15 is 0 Å². The second kappa shape index (κ2) is 7.05. The maximum atomic E-state index is 12.3. The number of rotatable bonds is 7. The Bertz CT molecular complexity index is 395. The summed E-state index contributed by atoms with van der Waals surface area (Å²) in [6.07, 6.45) is 2.20. The molecule has 0 aliphatic rings. The lowest BCUT2D eigenvalue weighted by Crippen LogP contribution is -2.02. The van der Waals surface area contributed by atoms with Gasteiger partial charge in [-0.25, -0.2) is 4.57 Å². The van der Waals surface area contributed by atoms with E-state index in [-0.39, 0.29) is 0 Å². The molecular weight excluding hydrogens is 259 g/mol. The van der Waals surface area contributed by atoms with E-state index in [0.29, 0.717) is 23.5 Å². The van der Waals surface area contributed by atoms with Crippen LogP contribution in [0.15, 0.2) is 24.3 Å². The SMILES string of the molecule is CCCCOP(=O)(CC)Oc1ccccc1Cl. The minimum absolute atomic E-state index is 0.335. The second-order valence-corrected chi connectivity index (χ2v) is 6.34. The van der Waals surface area contributed by atoms with Crippen molar-refractivity contribution in [1.29, 1.82) is 0 Å². The fraction of sp³-hybridized carbons (Fsp3) is 0.500. The number of hydrogen-bond acceptors (Lipinski definition) is 3. The first-order chi connectivity index (χ1) is 8.11. The van der Waals surface area contributed by atoms with E-state index < -0.39 is 7.60 Å². The van der Waals surface area contributed by atoms with Crippen LogP contribution in [-0.4, -0.2) is 12.8 Å². The van der Waals surface area contributed by atoms with Crippen molar-refractivity contribution < 1.29 is 13.6 Å². The first-order valence-electron chi connectivity index (χ1n) is 5.79. The Morgan fingerprint density at radius 2 is 2.00 bits per heavy atom. The molecule has 0 N–H and O–H groups in total. The summed E-state index contributed by atoms with van der Waals surface area (Å²) in [6, 6.07) is 6.97. The molecule has 0 bridgehead atoms. The minimum atomic E-state index is -3.06. The third kappa shape index (κ3) is 4.71. The average molecular weight is 277 g/mol. The van der Waals surface area contributed by atoms with Crippen LogP contribution in [0.2, 0.25) is 5.02 Å². The van der Waals surface area contributed by atoms with E-state index in [9.17, 15) is 4.57 Å². The molecule has 0 amide bonds. The van der Waals surface area contributed by atoms with Crippen molar-refractivity contribution in [3.63, 3.8) is 0 Å². The summed E-state index contributed by atoms with van der Waals surface area (Å²) in [7, 11) is -3.06. The fourth-order valence-corrected chi connectivity index (χ4v) is 2.66. The lowest BCUT2D eigenvalue weighted by Gasteiger charge is -2.18. The van der Waals surface area contributed by atoms with Crippen LogP contribution in [0.1, 0.15) is 26.7 Å². The molecule has 0 saturated heterocycles. The maximum absolute atomic E-state index is 12.3. The molecule has 0 spiro atoms. The number of halogens is 1. The minimum Gasteiger partial charge on any atom is -0.423 e. The first-order valence-corrected chi connectivity index (χ1v) is 7.89. The molecule has 1 aromatic rings. The highest BCUT2D eigenvalue weighted by molar-refractivity contribution is 7.54. The fourth-order valence-electron chi connectivity index (χ4n) is 1.20. The van der Waals surface area contributed by atoms with Gasteiger partial charge in [-0.1, -0.05) is 44.0 Å². The summed E-state index contributed by atoms with van der Waals surface area (Å²) in [4.78, 5) is 0. The highest BCUT2D eigenvalue weighted by atomic mass is 35.5. The number of benzene rings is 1. The normalized spacial score (nSPS) is 14.3. The van der Waals surface area contributed by atoms with Gasteiger partial charge in [0.1, 0.15) is 5.75 Å². The molecule has 0 aliphatic heterocycles. The van der Waals surface area contributed by atoms with Gasteiger partial charge in [-0.3, -0.25) is 4.52 Å². The molecule has 0 radical (unpaired) electrons. The first kappa shape index (κ1) is 14.6. The Morgan fingerprint density at radius 1 is 1.29 bits per heavy atom. The Kier molecular flexibility index (Phi) is 6.04. The maximum Gasteiger partial charge on any atom is 0.378 e. The summed E-state index contributed by atoms with van der Waals surface area (Å²) in [5.41, 5.74) is 0. The Morgan fingerprint density at radius 3 is 2.59 bits per heavy atom. The molecule has 1 unspecified atom stereocenters. The summed E-state index contributed by atoms with van der Waals surface area (Å²) in [5, 5.41) is 0.445. The number of hydrogen-bond donors (Lipinski definition) is 0. The predicted octanol–water partition coefficient (Wildman–Crippen LogP) is 4.75. The molecule has 1 rings (SSSR count). The smallest absolute Gasteiger partial charge is 0.378 e. The van der Waals surface area contributed by atoms with Gasteiger partial charge in [-0.05, 0) is 18.6 Å². The van der Waals surface area contributed by atoms with E-state index in [1.807, 2.05) is 0 Å². The molecule has 3 nitrogen and oxygen atoms in total. The van der Waals surface area contributed by atoms with Gasteiger partial charge in [0.15, 0.2) is 0 Å². The van der Waals surface area contributed by atoms with E-state index in [0.717, 1.165) is 12.8 Å². The van der Waals surface area contributed by atoms with Crippen LogP contribution in [0.4, 0.5) is 0 Å². The molecular formula is C12H18ClO3P. The molecule has 1 atom stereocenters. The monoisotopic (exact) mass is 276 g/mol. The number of unbranched alkanes of at least 4 members (excludes halogenated alkanes) is 1. The second-order valence-electron chi connectivity index (χ2n) is 3.64. The van der Waals surface area contributed by atoms with Gasteiger partial charge in [0.25, 0.3) is 0 Å². The van der Waals surface area contributed by atoms with Crippen molar-refractivity contribution in [2.45, 2.75) is 26.7 Å². The van der Waals surface area contributed by atoms with Crippen molar-refractivity contribution in [1.82, 2.24) is 0 Å². The quantitative estimate of drug-likeness (QED) is 0.532. The number of para-hydroxylation sites is 1. The van der Waals surface area contributed by atoms with Gasteiger partial charge in [-0.2, -0.15) is 0 Å². The average Bonchev–Trinajstić information content (AvgIpc) is 2.33. The largest absolute Gasteiger partial charge is 0.423 e. The van der Waals surface area contributed by atoms with Crippen molar-refractivity contribution in [3.05, 3.63) is 29.3 Å². The van der Waals surface area contributed by atoms with Gasteiger partial charge in [0.05, 0.1) is 17.8 Å². The summed E-state index contributed by atoms with van der Waals surface area (Å²) >= 11 is 5.95. The van der Waals surface area contributed by atoms with Crippen molar-refractivity contribution in [3.8, 4) is 5.75 Å². The highest BCUT2D eigenvalue weighted by Crippen LogP contribution is 2.49. The lowest BCUT2D eigenvalue weighted by molar-refractivity contribution is 0.261. The van der Waals surface area contributed by atoms with Gasteiger partial charge in [0.2, 0.25) is 0 Å².